The third-order valence-corrected chi connectivity index (χ3v) is 2.41. The van der Waals surface area contributed by atoms with Crippen molar-refractivity contribution in [3.05, 3.63) is 0 Å². The molecular weight excluding hydrogens is 196 g/mol. The van der Waals surface area contributed by atoms with Crippen molar-refractivity contribution in [2.45, 2.75) is 38.5 Å². The lowest BCUT2D eigenvalue weighted by molar-refractivity contribution is -0.138. The quantitative estimate of drug-likeness (QED) is 0.572. The van der Waals surface area contributed by atoms with Crippen LogP contribution in [0, 0.1) is 0 Å². The Morgan fingerprint density at radius 3 is 2.33 bits per heavy atom. The van der Waals surface area contributed by atoms with Crippen LogP contribution in [0.15, 0.2) is 0 Å². The highest BCUT2D eigenvalue weighted by Crippen LogP contribution is 2.14. The fourth-order valence-electron chi connectivity index (χ4n) is 1.26. The molecule has 0 aliphatic carbocycles. The van der Waals surface area contributed by atoms with Crippen molar-refractivity contribution in [2.24, 2.45) is 5.73 Å². The second-order valence-electron chi connectivity index (χ2n) is 3.73. The lowest BCUT2D eigenvalue weighted by Gasteiger charge is -2.30. The molecule has 0 aromatic carbocycles. The SMILES string of the molecule is CCCNC(C)(CC(OC)OC)C(N)=O. The molecular formula is C10H22N2O3. The van der Waals surface area contributed by atoms with Crippen molar-refractivity contribution < 1.29 is 14.3 Å². The Morgan fingerprint density at radius 2 is 2.00 bits per heavy atom. The lowest BCUT2D eigenvalue weighted by Crippen LogP contribution is -2.55. The van der Waals surface area contributed by atoms with Crippen LogP contribution in [0.2, 0.25) is 0 Å². The molecule has 0 aromatic rings. The van der Waals surface area contributed by atoms with Gasteiger partial charge in [-0.25, -0.2) is 0 Å². The predicted octanol–water partition coefficient (Wildman–Crippen LogP) is 0.239. The number of hydrogen-bond acceptors (Lipinski definition) is 4. The van der Waals surface area contributed by atoms with Gasteiger partial charge < -0.3 is 20.5 Å². The molecule has 0 radical (unpaired) electrons. The van der Waals surface area contributed by atoms with Crippen LogP contribution in [0.3, 0.4) is 0 Å². The molecule has 0 spiro atoms. The average molecular weight is 218 g/mol. The van der Waals surface area contributed by atoms with E-state index in [1.807, 2.05) is 6.92 Å². The number of rotatable bonds is 8. The van der Waals surface area contributed by atoms with Gasteiger partial charge in [-0.1, -0.05) is 6.92 Å². The van der Waals surface area contributed by atoms with Crippen molar-refractivity contribution in [3.63, 3.8) is 0 Å². The summed E-state index contributed by atoms with van der Waals surface area (Å²) in [5.41, 5.74) is 4.57. The molecule has 15 heavy (non-hydrogen) atoms. The first-order valence-electron chi connectivity index (χ1n) is 5.10. The van der Waals surface area contributed by atoms with Gasteiger partial charge in [0.1, 0.15) is 0 Å². The number of methoxy groups -OCH3 is 2. The first-order valence-corrected chi connectivity index (χ1v) is 5.10. The van der Waals surface area contributed by atoms with Gasteiger partial charge in [-0.3, -0.25) is 4.79 Å². The molecule has 0 bridgehead atoms. The van der Waals surface area contributed by atoms with Crippen LogP contribution in [0.1, 0.15) is 26.7 Å². The van der Waals surface area contributed by atoms with E-state index in [1.54, 1.807) is 6.92 Å². The first-order chi connectivity index (χ1) is 7.00. The highest BCUT2D eigenvalue weighted by molar-refractivity contribution is 5.84. The summed E-state index contributed by atoms with van der Waals surface area (Å²) in [7, 11) is 3.07. The second kappa shape index (κ2) is 6.76. The van der Waals surface area contributed by atoms with E-state index in [0.29, 0.717) is 6.42 Å². The van der Waals surface area contributed by atoms with Crippen LogP contribution in [0.5, 0.6) is 0 Å². The number of nitrogens with one attached hydrogen (secondary N) is 1. The molecule has 0 heterocycles. The van der Waals surface area contributed by atoms with Crippen LogP contribution in [0.4, 0.5) is 0 Å². The van der Waals surface area contributed by atoms with Crippen molar-refractivity contribution in [2.75, 3.05) is 20.8 Å². The van der Waals surface area contributed by atoms with E-state index in [-0.39, 0.29) is 0 Å². The largest absolute Gasteiger partial charge is 0.368 e. The van der Waals surface area contributed by atoms with Gasteiger partial charge in [-0.05, 0) is 19.9 Å². The third kappa shape index (κ3) is 4.59. The van der Waals surface area contributed by atoms with Crippen LogP contribution in [0.25, 0.3) is 0 Å². The van der Waals surface area contributed by atoms with E-state index in [2.05, 4.69) is 5.32 Å². The molecule has 3 N–H and O–H groups in total. The maximum Gasteiger partial charge on any atom is 0.237 e. The Kier molecular flexibility index (Phi) is 6.47. The van der Waals surface area contributed by atoms with Gasteiger partial charge in [0.2, 0.25) is 5.91 Å². The number of ether oxygens (including phenoxy) is 2. The van der Waals surface area contributed by atoms with Crippen molar-refractivity contribution >= 4 is 5.91 Å². The zero-order chi connectivity index (χ0) is 11.9. The maximum atomic E-state index is 11.3. The molecule has 0 saturated carbocycles. The van der Waals surface area contributed by atoms with E-state index in [0.717, 1.165) is 13.0 Å². The van der Waals surface area contributed by atoms with Gasteiger partial charge in [0, 0.05) is 20.6 Å². The number of carbonyl (C=O) groups excluding carboxylic acids is 1. The molecule has 0 aromatic heterocycles. The minimum Gasteiger partial charge on any atom is -0.368 e. The molecule has 0 aliphatic heterocycles. The first kappa shape index (κ1) is 14.3. The second-order valence-corrected chi connectivity index (χ2v) is 3.73. The third-order valence-electron chi connectivity index (χ3n) is 2.41. The minimum absolute atomic E-state index is 0.393. The molecule has 1 amide bonds. The highest BCUT2D eigenvalue weighted by atomic mass is 16.7. The van der Waals surface area contributed by atoms with Crippen molar-refractivity contribution in [1.29, 1.82) is 0 Å². The van der Waals surface area contributed by atoms with Crippen LogP contribution in [-0.2, 0) is 14.3 Å². The molecule has 0 rings (SSSR count). The van der Waals surface area contributed by atoms with Gasteiger partial charge in [0.15, 0.2) is 6.29 Å². The van der Waals surface area contributed by atoms with Gasteiger partial charge in [-0.15, -0.1) is 0 Å². The maximum absolute atomic E-state index is 11.3. The summed E-state index contributed by atoms with van der Waals surface area (Å²) in [5, 5.41) is 3.11. The summed E-state index contributed by atoms with van der Waals surface area (Å²) >= 11 is 0. The van der Waals surface area contributed by atoms with E-state index in [4.69, 9.17) is 15.2 Å². The molecule has 5 heteroatoms. The topological polar surface area (TPSA) is 73.6 Å². The fraction of sp³-hybridized carbons (Fsp3) is 0.900. The highest BCUT2D eigenvalue weighted by Gasteiger charge is 2.33. The summed E-state index contributed by atoms with van der Waals surface area (Å²) in [5.74, 6) is -0.393. The number of amides is 1. The Balaban J connectivity index is 4.42. The zero-order valence-corrected chi connectivity index (χ0v) is 10.0. The smallest absolute Gasteiger partial charge is 0.237 e. The zero-order valence-electron chi connectivity index (χ0n) is 10.0. The van der Waals surface area contributed by atoms with Gasteiger partial charge in [0.05, 0.1) is 5.54 Å². The van der Waals surface area contributed by atoms with Crippen LogP contribution >= 0.6 is 0 Å². The van der Waals surface area contributed by atoms with E-state index < -0.39 is 17.7 Å². The molecule has 1 unspecified atom stereocenters. The minimum atomic E-state index is -0.785. The molecule has 1 atom stereocenters. The standard InChI is InChI=1S/C10H22N2O3/c1-5-6-12-10(2,9(11)13)7-8(14-3)15-4/h8,12H,5-7H2,1-4H3,(H2,11,13). The molecule has 0 saturated heterocycles. The number of primary amides is 1. The van der Waals surface area contributed by atoms with Crippen LogP contribution in [-0.4, -0.2) is 38.5 Å². The number of carbonyl (C=O) groups is 1. The Bertz CT molecular complexity index is 195. The Hall–Kier alpha value is -0.650. The van der Waals surface area contributed by atoms with Gasteiger partial charge in [0.25, 0.3) is 0 Å². The summed E-state index contributed by atoms with van der Waals surface area (Å²) in [6.45, 7) is 4.52. The van der Waals surface area contributed by atoms with Gasteiger partial charge >= 0.3 is 0 Å². The Morgan fingerprint density at radius 1 is 1.47 bits per heavy atom. The van der Waals surface area contributed by atoms with Crippen LogP contribution < -0.4 is 11.1 Å². The van der Waals surface area contributed by atoms with E-state index in [9.17, 15) is 4.79 Å². The summed E-state index contributed by atoms with van der Waals surface area (Å²) < 4.78 is 10.1. The molecule has 0 aliphatic rings. The average Bonchev–Trinajstić information content (AvgIpc) is 2.22. The lowest BCUT2D eigenvalue weighted by atomic mass is 9.96. The van der Waals surface area contributed by atoms with Crippen molar-refractivity contribution in [1.82, 2.24) is 5.32 Å². The summed E-state index contributed by atoms with van der Waals surface area (Å²) in [4.78, 5) is 11.3. The summed E-state index contributed by atoms with van der Waals surface area (Å²) in [6.07, 6.45) is 0.912. The number of nitrogens with two attached hydrogens (primary N) is 1. The Labute approximate surface area is 91.3 Å². The molecule has 90 valence electrons. The van der Waals surface area contributed by atoms with E-state index >= 15 is 0 Å². The van der Waals surface area contributed by atoms with Gasteiger partial charge in [-0.2, -0.15) is 0 Å². The van der Waals surface area contributed by atoms with Crippen molar-refractivity contribution in [3.8, 4) is 0 Å². The fourth-order valence-corrected chi connectivity index (χ4v) is 1.26. The molecule has 5 nitrogen and oxygen atoms in total. The normalized spacial score (nSPS) is 15.3. The predicted molar refractivity (Wildman–Crippen MR) is 58.3 cm³/mol. The number of hydrogen-bond donors (Lipinski definition) is 2. The molecule has 0 fully saturated rings. The summed E-state index contributed by atoms with van der Waals surface area (Å²) in [6, 6.07) is 0. The monoisotopic (exact) mass is 218 g/mol. The van der Waals surface area contributed by atoms with E-state index in [1.165, 1.54) is 14.2 Å².